The second-order valence-corrected chi connectivity index (χ2v) is 12.9. The molecule has 1 amide bonds. The van der Waals surface area contributed by atoms with Crippen molar-refractivity contribution >= 4 is 18.0 Å². The quantitative estimate of drug-likeness (QED) is 0.198. The Morgan fingerprint density at radius 1 is 1.29 bits per heavy atom. The Hall–Kier alpha value is -3.58. The first-order valence-corrected chi connectivity index (χ1v) is 15.3. The summed E-state index contributed by atoms with van der Waals surface area (Å²) in [5.74, 6) is 1.08. The molecule has 6 rings (SSSR count). The highest BCUT2D eigenvalue weighted by Crippen LogP contribution is 2.65. The van der Waals surface area contributed by atoms with Crippen molar-refractivity contribution in [3.63, 3.8) is 0 Å². The molecule has 1 saturated carbocycles. The lowest BCUT2D eigenvalue weighted by molar-refractivity contribution is -0.138. The van der Waals surface area contributed by atoms with Gasteiger partial charge in [0, 0.05) is 54.7 Å². The average molecular weight is 571 g/mol. The summed E-state index contributed by atoms with van der Waals surface area (Å²) in [5, 5.41) is 11.3. The number of rotatable bonds is 8. The van der Waals surface area contributed by atoms with Gasteiger partial charge in [-0.05, 0) is 62.6 Å². The third kappa shape index (κ3) is 4.62. The molecule has 2 aromatic carbocycles. The summed E-state index contributed by atoms with van der Waals surface area (Å²) >= 11 is 0. The molecule has 2 aliphatic carbocycles. The number of piperidine rings is 1. The van der Waals surface area contributed by atoms with Gasteiger partial charge in [0.2, 0.25) is 5.91 Å². The summed E-state index contributed by atoms with van der Waals surface area (Å²) in [6.45, 7) is 14.0. The number of ether oxygens (including phenoxy) is 2. The summed E-state index contributed by atoms with van der Waals surface area (Å²) in [4.78, 5) is 30.6. The van der Waals surface area contributed by atoms with E-state index >= 15 is 0 Å². The fourth-order valence-corrected chi connectivity index (χ4v) is 8.41. The Kier molecular flexibility index (Phi) is 7.42. The maximum atomic E-state index is 14.0. The van der Waals surface area contributed by atoms with Crippen molar-refractivity contribution in [2.45, 2.75) is 77.0 Å². The van der Waals surface area contributed by atoms with Gasteiger partial charge in [-0.25, -0.2) is 0 Å². The summed E-state index contributed by atoms with van der Waals surface area (Å²) < 4.78 is 12.5. The Morgan fingerprint density at radius 3 is 2.81 bits per heavy atom. The van der Waals surface area contributed by atoms with Gasteiger partial charge in [0.05, 0.1) is 6.04 Å². The van der Waals surface area contributed by atoms with Crippen LogP contribution >= 0.6 is 0 Å². The van der Waals surface area contributed by atoms with Crippen LogP contribution in [0.5, 0.6) is 17.2 Å². The topological polar surface area (TPSA) is 79.3 Å². The van der Waals surface area contributed by atoms with Gasteiger partial charge in [0.1, 0.15) is 11.9 Å². The number of carbonyl (C=O) groups excluding carboxylic acids is 2. The zero-order chi connectivity index (χ0) is 29.8. The molecule has 1 saturated heterocycles. The summed E-state index contributed by atoms with van der Waals surface area (Å²) in [5.41, 5.74) is 3.66. The van der Waals surface area contributed by atoms with Crippen LogP contribution in [0.4, 0.5) is 0 Å². The molecule has 2 aliphatic heterocycles. The second kappa shape index (κ2) is 10.9. The van der Waals surface area contributed by atoms with Gasteiger partial charge < -0.3 is 19.5 Å². The number of hydrogen-bond acceptors (Lipinski definition) is 6. The van der Waals surface area contributed by atoms with E-state index in [9.17, 15) is 14.7 Å². The van der Waals surface area contributed by atoms with E-state index < -0.39 is 5.97 Å². The fourth-order valence-electron chi connectivity index (χ4n) is 8.41. The van der Waals surface area contributed by atoms with E-state index in [1.807, 2.05) is 42.2 Å². The van der Waals surface area contributed by atoms with Gasteiger partial charge >= 0.3 is 5.97 Å². The van der Waals surface area contributed by atoms with Crippen molar-refractivity contribution in [1.82, 2.24) is 9.80 Å². The minimum absolute atomic E-state index is 0.0238. The number of esters is 1. The lowest BCUT2D eigenvalue weighted by Gasteiger charge is -2.60. The number of hydrogen-bond donors (Lipinski definition) is 1. The molecule has 42 heavy (non-hydrogen) atoms. The number of aryl methyl sites for hydroxylation is 1. The van der Waals surface area contributed by atoms with E-state index in [0.29, 0.717) is 24.6 Å². The molecule has 2 heterocycles. The predicted molar refractivity (Wildman–Crippen MR) is 163 cm³/mol. The summed E-state index contributed by atoms with van der Waals surface area (Å²) in [6, 6.07) is 9.74. The third-order valence-electron chi connectivity index (χ3n) is 9.81. The normalized spacial score (nSPS) is 27.5. The Labute approximate surface area is 248 Å². The standard InChI is InChI=1S/C35H42N2O5/c1-6-15-36-16-14-35-26-11-12-27(37(20-21(2)3)31(40)13-10-24-9-7-8-22(4)17-24)34(35)42-33-30(41-23(5)38)19-29(39)25(32(33)35)18-28(26)36/h6-10,13,17,19,21,26-28,34,39H,1,11-12,14-16,18,20H2,2-5H3/t26-,27+,28+,34-,35-/m0/s1. The van der Waals surface area contributed by atoms with Crippen LogP contribution < -0.4 is 9.47 Å². The molecule has 1 spiro atoms. The first-order valence-electron chi connectivity index (χ1n) is 15.3. The maximum absolute atomic E-state index is 14.0. The number of benzene rings is 2. The smallest absolute Gasteiger partial charge is 0.308 e. The van der Waals surface area contributed by atoms with Crippen molar-refractivity contribution in [3.05, 3.63) is 71.3 Å². The molecule has 1 N–H and O–H groups in total. The van der Waals surface area contributed by atoms with Gasteiger partial charge in [0.25, 0.3) is 0 Å². The predicted octanol–water partition coefficient (Wildman–Crippen LogP) is 5.42. The van der Waals surface area contributed by atoms with Crippen LogP contribution in [0.1, 0.15) is 62.3 Å². The lowest BCUT2D eigenvalue weighted by atomic mass is 9.50. The van der Waals surface area contributed by atoms with Crippen LogP contribution in [0.2, 0.25) is 0 Å². The van der Waals surface area contributed by atoms with E-state index in [-0.39, 0.29) is 46.9 Å². The van der Waals surface area contributed by atoms with Crippen LogP contribution in [-0.2, 0) is 21.4 Å². The van der Waals surface area contributed by atoms with E-state index in [2.05, 4.69) is 31.4 Å². The molecule has 0 aromatic heterocycles. The molecule has 7 heteroatoms. The maximum Gasteiger partial charge on any atom is 0.308 e. The number of nitrogens with zero attached hydrogens (tertiary/aromatic N) is 2. The Morgan fingerprint density at radius 2 is 2.10 bits per heavy atom. The van der Waals surface area contributed by atoms with Gasteiger partial charge in [-0.1, -0.05) is 49.8 Å². The molecule has 0 radical (unpaired) electrons. The van der Waals surface area contributed by atoms with Crippen LogP contribution in [-0.4, -0.2) is 64.6 Å². The van der Waals surface area contributed by atoms with Gasteiger partial charge in [-0.15, -0.1) is 6.58 Å². The number of carbonyl (C=O) groups is 2. The molecule has 4 aliphatic rings. The number of phenolic OH excluding ortho intramolecular Hbond substituents is 1. The fraction of sp³-hybridized carbons (Fsp3) is 0.486. The molecule has 2 bridgehead atoms. The van der Waals surface area contributed by atoms with Crippen molar-refractivity contribution in [2.24, 2.45) is 11.8 Å². The highest BCUT2D eigenvalue weighted by Gasteiger charge is 2.67. The molecule has 7 nitrogen and oxygen atoms in total. The van der Waals surface area contributed by atoms with Gasteiger partial charge in [-0.3, -0.25) is 14.5 Å². The second-order valence-electron chi connectivity index (χ2n) is 12.9. The Balaban J connectivity index is 1.44. The number of aromatic hydroxyl groups is 1. The van der Waals surface area contributed by atoms with Gasteiger partial charge in [-0.2, -0.15) is 0 Å². The van der Waals surface area contributed by atoms with Crippen LogP contribution in [0.15, 0.2) is 49.1 Å². The monoisotopic (exact) mass is 570 g/mol. The van der Waals surface area contributed by atoms with Crippen molar-refractivity contribution in [1.29, 1.82) is 0 Å². The van der Waals surface area contributed by atoms with Crippen LogP contribution in [0.3, 0.4) is 0 Å². The van der Waals surface area contributed by atoms with Crippen molar-refractivity contribution < 1.29 is 24.2 Å². The molecule has 5 atom stereocenters. The van der Waals surface area contributed by atoms with E-state index in [1.54, 1.807) is 6.08 Å². The number of likely N-dealkylation sites (tertiary alicyclic amines) is 1. The lowest BCUT2D eigenvalue weighted by Crippen LogP contribution is -2.69. The molecule has 2 aromatic rings. The minimum atomic E-state index is -0.456. The highest BCUT2D eigenvalue weighted by atomic mass is 16.6. The summed E-state index contributed by atoms with van der Waals surface area (Å²) in [6.07, 6.45) is 8.58. The molecular weight excluding hydrogens is 528 g/mol. The molecule has 2 fully saturated rings. The van der Waals surface area contributed by atoms with Crippen LogP contribution in [0.25, 0.3) is 6.08 Å². The first kappa shape index (κ1) is 28.5. The van der Waals surface area contributed by atoms with Crippen LogP contribution in [0, 0.1) is 18.8 Å². The zero-order valence-corrected chi connectivity index (χ0v) is 25.1. The minimum Gasteiger partial charge on any atom is -0.508 e. The zero-order valence-electron chi connectivity index (χ0n) is 25.1. The highest BCUT2D eigenvalue weighted by molar-refractivity contribution is 5.92. The summed E-state index contributed by atoms with van der Waals surface area (Å²) in [7, 11) is 0. The molecule has 0 unspecified atom stereocenters. The molecule has 222 valence electrons. The Bertz CT molecular complexity index is 1450. The van der Waals surface area contributed by atoms with E-state index in [4.69, 9.17) is 9.47 Å². The average Bonchev–Trinajstić information content (AvgIpc) is 3.28. The SMILES string of the molecule is C=CCN1CC[C@]23c4c5c(O)cc(OC(C)=O)c4O[C@H]2[C@H](N(CC(C)C)C(=O)C=Cc2cccc(C)c2)CC[C@H]3[C@H]1C5. The number of phenols is 1. The van der Waals surface area contributed by atoms with Crippen molar-refractivity contribution in [3.8, 4) is 17.2 Å². The third-order valence-corrected chi connectivity index (χ3v) is 9.81. The largest absolute Gasteiger partial charge is 0.508 e. The van der Waals surface area contributed by atoms with Gasteiger partial charge in [0.15, 0.2) is 11.5 Å². The molecular formula is C35H42N2O5. The van der Waals surface area contributed by atoms with E-state index in [1.165, 1.54) is 13.0 Å². The number of amides is 1. The van der Waals surface area contributed by atoms with E-state index in [0.717, 1.165) is 54.6 Å². The first-order chi connectivity index (χ1) is 20.1. The van der Waals surface area contributed by atoms with Crippen molar-refractivity contribution in [2.75, 3.05) is 19.6 Å².